The zero-order valence-corrected chi connectivity index (χ0v) is 12.4. The summed E-state index contributed by atoms with van der Waals surface area (Å²) in [5.41, 5.74) is 1.10. The number of nitrogens with zero attached hydrogens (tertiary/aromatic N) is 1. The number of benzene rings is 1. The first-order chi connectivity index (χ1) is 6.11. The van der Waals surface area contributed by atoms with E-state index >= 15 is 0 Å². The van der Waals surface area contributed by atoms with E-state index in [-0.39, 0.29) is 0 Å². The molecule has 0 saturated heterocycles. The second-order valence-electron chi connectivity index (χ2n) is 2.47. The first-order valence-electron chi connectivity index (χ1n) is 3.50. The Kier molecular flexibility index (Phi) is 7.83. The third-order valence-electron chi connectivity index (χ3n) is 1.37. The van der Waals surface area contributed by atoms with Gasteiger partial charge in [-0.2, -0.15) is 0 Å². The molecule has 1 radical (unpaired) electrons. The van der Waals surface area contributed by atoms with Gasteiger partial charge in [-0.25, -0.2) is 0 Å². The Morgan fingerprint density at radius 1 is 1.15 bits per heavy atom. The SMILES string of the molecule is CN(C)c1ccc(O)cc1.[Cl][Bi][Cl]. The molecule has 1 rings (SSSR count). The minimum absolute atomic E-state index is 0.311. The van der Waals surface area contributed by atoms with Gasteiger partial charge in [0.15, 0.2) is 0 Å². The van der Waals surface area contributed by atoms with Crippen LogP contribution in [-0.4, -0.2) is 40.1 Å². The second-order valence-corrected chi connectivity index (χ2v) is 7.46. The van der Waals surface area contributed by atoms with E-state index in [2.05, 4.69) is 0 Å². The van der Waals surface area contributed by atoms with Gasteiger partial charge in [0, 0.05) is 19.8 Å². The van der Waals surface area contributed by atoms with Gasteiger partial charge in [0.1, 0.15) is 5.75 Å². The molecule has 1 aromatic rings. The normalized spacial score (nSPS) is 8.62. The van der Waals surface area contributed by atoms with Gasteiger partial charge in [-0.05, 0) is 24.3 Å². The maximum atomic E-state index is 8.92. The third kappa shape index (κ3) is 6.37. The number of halogens is 2. The molecule has 1 N–H and O–H groups in total. The Labute approximate surface area is 97.1 Å². The number of phenolic OH excluding ortho intramolecular Hbond substituents is 1. The van der Waals surface area contributed by atoms with Crippen molar-refractivity contribution in [1.82, 2.24) is 0 Å². The average Bonchev–Trinajstić information content (AvgIpc) is 2.06. The van der Waals surface area contributed by atoms with Crippen molar-refractivity contribution in [2.45, 2.75) is 0 Å². The summed E-state index contributed by atoms with van der Waals surface area (Å²) < 4.78 is 0. The fraction of sp³-hybridized carbons (Fsp3) is 0.250. The fourth-order valence-corrected chi connectivity index (χ4v) is 0.751. The van der Waals surface area contributed by atoms with Gasteiger partial charge in [0.05, 0.1) is 0 Å². The van der Waals surface area contributed by atoms with E-state index in [9.17, 15) is 0 Å². The van der Waals surface area contributed by atoms with Crippen molar-refractivity contribution < 1.29 is 5.11 Å². The van der Waals surface area contributed by atoms with Gasteiger partial charge in [0.2, 0.25) is 0 Å². The summed E-state index contributed by atoms with van der Waals surface area (Å²) in [6.07, 6.45) is 0. The molecule has 0 aliphatic rings. The molecule has 0 heterocycles. The van der Waals surface area contributed by atoms with E-state index < -0.39 is 20.8 Å². The molecular formula is C8H11BiCl2NO. The molecule has 0 aliphatic carbocycles. The average molecular weight is 417 g/mol. The molecule has 0 atom stereocenters. The standard InChI is InChI=1S/C8H11NO.Bi.2ClH/c1-9(2)7-3-5-8(10)6-4-7;;;/h3-6,10H,1-2H3;;2*1H/q;+2;;/p-2. The fourth-order valence-electron chi connectivity index (χ4n) is 0.751. The molecule has 73 valence electrons. The van der Waals surface area contributed by atoms with E-state index in [1.807, 2.05) is 31.1 Å². The van der Waals surface area contributed by atoms with Crippen LogP contribution in [0.4, 0.5) is 5.69 Å². The Morgan fingerprint density at radius 3 is 1.85 bits per heavy atom. The van der Waals surface area contributed by atoms with Crippen molar-refractivity contribution in [3.05, 3.63) is 24.3 Å². The summed E-state index contributed by atoms with van der Waals surface area (Å²) in [5, 5.41) is 8.92. The van der Waals surface area contributed by atoms with Crippen molar-refractivity contribution in [3.63, 3.8) is 0 Å². The van der Waals surface area contributed by atoms with Crippen LogP contribution in [-0.2, 0) is 0 Å². The molecule has 0 spiro atoms. The molecule has 0 aliphatic heterocycles. The van der Waals surface area contributed by atoms with Crippen molar-refractivity contribution in [3.8, 4) is 5.75 Å². The molecule has 0 saturated carbocycles. The van der Waals surface area contributed by atoms with Gasteiger partial charge in [-0.1, -0.05) is 0 Å². The van der Waals surface area contributed by atoms with Crippen molar-refractivity contribution in [1.29, 1.82) is 0 Å². The Bertz CT molecular complexity index is 228. The van der Waals surface area contributed by atoms with Crippen LogP contribution in [0.2, 0.25) is 0 Å². The zero-order chi connectivity index (χ0) is 10.3. The number of anilines is 1. The summed E-state index contributed by atoms with van der Waals surface area (Å²) in [6, 6.07) is 7.09. The van der Waals surface area contributed by atoms with Crippen LogP contribution in [0.5, 0.6) is 5.75 Å². The number of hydrogen-bond acceptors (Lipinski definition) is 2. The van der Waals surface area contributed by atoms with Gasteiger partial charge < -0.3 is 10.0 Å². The van der Waals surface area contributed by atoms with Crippen molar-refractivity contribution in [2.24, 2.45) is 0 Å². The molecular weight excluding hydrogens is 406 g/mol. The molecule has 2 nitrogen and oxygen atoms in total. The van der Waals surface area contributed by atoms with Crippen LogP contribution >= 0.6 is 17.0 Å². The Balaban J connectivity index is 0.000000424. The van der Waals surface area contributed by atoms with E-state index in [0.29, 0.717) is 5.75 Å². The van der Waals surface area contributed by atoms with Gasteiger partial charge in [-0.3, -0.25) is 0 Å². The van der Waals surface area contributed by atoms with Gasteiger partial charge in [-0.15, -0.1) is 0 Å². The summed E-state index contributed by atoms with van der Waals surface area (Å²) in [7, 11) is 13.8. The Morgan fingerprint density at radius 2 is 1.54 bits per heavy atom. The van der Waals surface area contributed by atoms with Crippen molar-refractivity contribution >= 4 is 43.6 Å². The first-order valence-corrected chi connectivity index (χ1v) is 12.1. The molecule has 0 unspecified atom stereocenters. The van der Waals surface area contributed by atoms with Crippen LogP contribution in [0.1, 0.15) is 0 Å². The molecule has 0 aromatic heterocycles. The third-order valence-corrected chi connectivity index (χ3v) is 1.37. The molecule has 1 aromatic carbocycles. The van der Waals surface area contributed by atoms with Gasteiger partial charge in [0.25, 0.3) is 0 Å². The summed E-state index contributed by atoms with van der Waals surface area (Å²) in [6.45, 7) is 0. The van der Waals surface area contributed by atoms with E-state index in [1.165, 1.54) is 0 Å². The number of rotatable bonds is 1. The second kappa shape index (κ2) is 7.67. The first kappa shape index (κ1) is 13.3. The number of aromatic hydroxyl groups is 1. The van der Waals surface area contributed by atoms with Gasteiger partial charge >= 0.3 is 37.9 Å². The van der Waals surface area contributed by atoms with E-state index in [0.717, 1.165) is 5.69 Å². The van der Waals surface area contributed by atoms with E-state index in [1.54, 1.807) is 12.1 Å². The molecule has 0 bridgehead atoms. The molecule has 13 heavy (non-hydrogen) atoms. The summed E-state index contributed by atoms with van der Waals surface area (Å²) in [5.74, 6) is 0.311. The maximum absolute atomic E-state index is 8.92. The predicted octanol–water partition coefficient (Wildman–Crippen LogP) is 2.46. The van der Waals surface area contributed by atoms with Crippen LogP contribution in [0.3, 0.4) is 0 Å². The van der Waals surface area contributed by atoms with Crippen LogP contribution in [0, 0.1) is 0 Å². The zero-order valence-electron chi connectivity index (χ0n) is 7.41. The Hall–Kier alpha value is 0.283. The van der Waals surface area contributed by atoms with Crippen LogP contribution in [0.25, 0.3) is 0 Å². The monoisotopic (exact) mass is 416 g/mol. The van der Waals surface area contributed by atoms with Crippen LogP contribution < -0.4 is 4.90 Å². The number of hydrogen-bond donors (Lipinski definition) is 1. The predicted molar refractivity (Wildman–Crippen MR) is 59.9 cm³/mol. The topological polar surface area (TPSA) is 23.5 Å². The van der Waals surface area contributed by atoms with Crippen LogP contribution in [0.15, 0.2) is 24.3 Å². The molecule has 5 heteroatoms. The molecule has 0 amide bonds. The molecule has 0 fully saturated rings. The summed E-state index contributed by atoms with van der Waals surface area (Å²) >= 11 is -0.889. The quantitative estimate of drug-likeness (QED) is 0.711. The minimum atomic E-state index is -0.889. The number of phenols is 1. The van der Waals surface area contributed by atoms with E-state index in [4.69, 9.17) is 22.1 Å². The van der Waals surface area contributed by atoms with Crippen molar-refractivity contribution in [2.75, 3.05) is 19.0 Å². The summed E-state index contributed by atoms with van der Waals surface area (Å²) in [4.78, 5) is 1.99.